The third-order valence-corrected chi connectivity index (χ3v) is 3.24. The summed E-state index contributed by atoms with van der Waals surface area (Å²) in [4.78, 5) is 14.6. The monoisotopic (exact) mass is 313 g/mol. The van der Waals surface area contributed by atoms with Gasteiger partial charge >= 0.3 is 5.69 Å². The molecule has 0 radical (unpaired) electrons. The average Bonchev–Trinajstić information content (AvgIpc) is 2.68. The maximum Gasteiger partial charge on any atom is 0.351 e. The van der Waals surface area contributed by atoms with Crippen LogP contribution in [-0.2, 0) is 4.74 Å². The van der Waals surface area contributed by atoms with Crippen molar-refractivity contribution >= 4 is 5.82 Å². The van der Waals surface area contributed by atoms with E-state index in [0.717, 1.165) is 0 Å². The fourth-order valence-corrected chi connectivity index (χ4v) is 2.02. The SMILES string of the molecule is Nc1nc(=O)n([C@@H]2O[C@@](CO)(C(F)F)[C@@H](O)[C@@H]2F)cc1F. The third kappa shape index (κ3) is 2.26. The Balaban J connectivity index is 2.47. The number of aromatic nitrogens is 2. The van der Waals surface area contributed by atoms with E-state index in [1.165, 1.54) is 0 Å². The lowest BCUT2D eigenvalue weighted by Crippen LogP contribution is -2.51. The molecule has 7 nitrogen and oxygen atoms in total. The number of alkyl halides is 3. The highest BCUT2D eigenvalue weighted by atomic mass is 19.3. The topological polar surface area (TPSA) is 111 Å². The van der Waals surface area contributed by atoms with Crippen LogP contribution in [0.4, 0.5) is 23.4 Å². The Kier molecular flexibility index (Phi) is 3.91. The number of anilines is 1. The summed E-state index contributed by atoms with van der Waals surface area (Å²) >= 11 is 0. The second kappa shape index (κ2) is 5.24. The molecule has 1 saturated heterocycles. The summed E-state index contributed by atoms with van der Waals surface area (Å²) in [6.07, 6.45) is -10.0. The van der Waals surface area contributed by atoms with Gasteiger partial charge in [-0.3, -0.25) is 4.57 Å². The van der Waals surface area contributed by atoms with Crippen molar-refractivity contribution in [3.8, 4) is 0 Å². The number of nitrogens with zero attached hydrogens (tertiary/aromatic N) is 2. The largest absolute Gasteiger partial charge is 0.393 e. The Hall–Kier alpha value is -1.72. The van der Waals surface area contributed by atoms with Crippen LogP contribution in [-0.4, -0.2) is 50.7 Å². The molecule has 21 heavy (non-hydrogen) atoms. The maximum atomic E-state index is 14.0. The Labute approximate surface area is 114 Å². The minimum absolute atomic E-state index is 0.249. The molecular weight excluding hydrogens is 302 g/mol. The lowest BCUT2D eigenvalue weighted by Gasteiger charge is -2.28. The van der Waals surface area contributed by atoms with E-state index in [1.54, 1.807) is 0 Å². The van der Waals surface area contributed by atoms with E-state index in [1.807, 2.05) is 0 Å². The van der Waals surface area contributed by atoms with Crippen LogP contribution in [0.25, 0.3) is 0 Å². The van der Waals surface area contributed by atoms with Gasteiger partial charge in [0.2, 0.25) is 0 Å². The first kappa shape index (κ1) is 15.7. The second-order valence-corrected chi connectivity index (χ2v) is 4.48. The lowest BCUT2D eigenvalue weighted by atomic mass is 9.97. The summed E-state index contributed by atoms with van der Waals surface area (Å²) in [6.45, 7) is -1.40. The van der Waals surface area contributed by atoms with E-state index < -0.39 is 54.5 Å². The van der Waals surface area contributed by atoms with E-state index in [0.29, 0.717) is 6.20 Å². The normalized spacial score (nSPS) is 32.8. The zero-order valence-electron chi connectivity index (χ0n) is 10.3. The van der Waals surface area contributed by atoms with Crippen LogP contribution < -0.4 is 11.4 Å². The summed E-state index contributed by atoms with van der Waals surface area (Å²) in [5, 5.41) is 18.5. The van der Waals surface area contributed by atoms with Crippen molar-refractivity contribution in [1.29, 1.82) is 0 Å². The molecule has 0 aromatic carbocycles. The Morgan fingerprint density at radius 2 is 2.19 bits per heavy atom. The molecule has 1 aromatic rings. The highest BCUT2D eigenvalue weighted by Crippen LogP contribution is 2.41. The molecule has 2 heterocycles. The molecule has 4 N–H and O–H groups in total. The van der Waals surface area contributed by atoms with Crippen molar-refractivity contribution in [2.45, 2.75) is 30.5 Å². The fourth-order valence-electron chi connectivity index (χ4n) is 2.02. The molecule has 118 valence electrons. The maximum absolute atomic E-state index is 14.0. The molecule has 1 fully saturated rings. The van der Waals surface area contributed by atoms with E-state index >= 15 is 0 Å². The predicted molar refractivity (Wildman–Crippen MR) is 59.7 cm³/mol. The molecule has 0 unspecified atom stereocenters. The first-order chi connectivity index (χ1) is 9.74. The van der Waals surface area contributed by atoms with E-state index in [2.05, 4.69) is 9.72 Å². The van der Waals surface area contributed by atoms with Gasteiger partial charge in [0.1, 0.15) is 6.10 Å². The second-order valence-electron chi connectivity index (χ2n) is 4.48. The molecule has 4 atom stereocenters. The van der Waals surface area contributed by atoms with Crippen molar-refractivity contribution < 1.29 is 32.5 Å². The van der Waals surface area contributed by atoms with Crippen LogP contribution in [0, 0.1) is 5.82 Å². The number of aliphatic hydroxyl groups is 2. The van der Waals surface area contributed by atoms with E-state index in [4.69, 9.17) is 10.8 Å². The molecule has 2 rings (SSSR count). The summed E-state index contributed by atoms with van der Waals surface area (Å²) in [7, 11) is 0. The molecule has 0 spiro atoms. The first-order valence-corrected chi connectivity index (χ1v) is 5.67. The number of hydrogen-bond acceptors (Lipinski definition) is 6. The quantitative estimate of drug-likeness (QED) is 0.629. The summed E-state index contributed by atoms with van der Waals surface area (Å²) in [6, 6.07) is 0. The van der Waals surface area contributed by atoms with Gasteiger partial charge in [-0.15, -0.1) is 0 Å². The number of nitrogen functional groups attached to an aromatic ring is 1. The van der Waals surface area contributed by atoms with Crippen LogP contribution >= 0.6 is 0 Å². The third-order valence-electron chi connectivity index (χ3n) is 3.24. The highest BCUT2D eigenvalue weighted by molar-refractivity contribution is 5.26. The molecule has 0 amide bonds. The first-order valence-electron chi connectivity index (χ1n) is 5.67. The molecule has 1 aliphatic heterocycles. The highest BCUT2D eigenvalue weighted by Gasteiger charge is 2.61. The van der Waals surface area contributed by atoms with Crippen molar-refractivity contribution in [2.75, 3.05) is 12.3 Å². The number of rotatable bonds is 3. The van der Waals surface area contributed by atoms with Gasteiger partial charge in [0.15, 0.2) is 29.6 Å². The Morgan fingerprint density at radius 3 is 2.67 bits per heavy atom. The van der Waals surface area contributed by atoms with Gasteiger partial charge in [0.05, 0.1) is 12.8 Å². The summed E-state index contributed by atoms with van der Waals surface area (Å²) in [5.74, 6) is -1.95. The summed E-state index contributed by atoms with van der Waals surface area (Å²) in [5.41, 5.74) is 0.866. The zero-order valence-corrected chi connectivity index (χ0v) is 10.3. The molecule has 11 heteroatoms. The lowest BCUT2D eigenvalue weighted by molar-refractivity contribution is -0.196. The smallest absolute Gasteiger partial charge is 0.351 e. The number of halogens is 4. The van der Waals surface area contributed by atoms with Crippen LogP contribution in [0.5, 0.6) is 0 Å². The minimum atomic E-state index is -3.44. The standard InChI is InChI=1S/C10H11F4N3O4/c11-3-1-17(9(20)16-6(3)15)7-4(12)5(19)10(2-18,21-7)8(13)14/h1,4-5,7-8,18-19H,2H2,(H2,15,16,20)/t4-,5-,7+,10+/m0/s1. The number of nitrogens with two attached hydrogens (primary N) is 1. The molecule has 0 saturated carbocycles. The van der Waals surface area contributed by atoms with E-state index in [-0.39, 0.29) is 4.57 Å². The van der Waals surface area contributed by atoms with Crippen molar-refractivity contribution in [2.24, 2.45) is 0 Å². The van der Waals surface area contributed by atoms with Gasteiger partial charge in [0, 0.05) is 0 Å². The fraction of sp³-hybridized carbons (Fsp3) is 0.600. The van der Waals surface area contributed by atoms with Crippen LogP contribution in [0.15, 0.2) is 11.0 Å². The van der Waals surface area contributed by atoms with Gasteiger partial charge in [0.25, 0.3) is 6.43 Å². The van der Waals surface area contributed by atoms with Gasteiger partial charge < -0.3 is 20.7 Å². The van der Waals surface area contributed by atoms with Crippen molar-refractivity contribution in [3.63, 3.8) is 0 Å². The Bertz CT molecular complexity index is 598. The molecule has 1 aliphatic rings. The molecule has 0 aliphatic carbocycles. The minimum Gasteiger partial charge on any atom is -0.393 e. The van der Waals surface area contributed by atoms with Crippen molar-refractivity contribution in [3.05, 3.63) is 22.5 Å². The molecular formula is C10H11F4N3O4. The number of hydrogen-bond donors (Lipinski definition) is 3. The van der Waals surface area contributed by atoms with Gasteiger partial charge in [-0.05, 0) is 0 Å². The van der Waals surface area contributed by atoms with Crippen LogP contribution in [0.2, 0.25) is 0 Å². The average molecular weight is 313 g/mol. The van der Waals surface area contributed by atoms with Gasteiger partial charge in [-0.1, -0.05) is 0 Å². The van der Waals surface area contributed by atoms with Gasteiger partial charge in [-0.2, -0.15) is 4.98 Å². The van der Waals surface area contributed by atoms with Crippen LogP contribution in [0.3, 0.4) is 0 Å². The van der Waals surface area contributed by atoms with Gasteiger partial charge in [-0.25, -0.2) is 22.4 Å². The van der Waals surface area contributed by atoms with Crippen LogP contribution in [0.1, 0.15) is 6.23 Å². The number of aliphatic hydroxyl groups excluding tert-OH is 2. The summed E-state index contributed by atoms with van der Waals surface area (Å²) < 4.78 is 58.0. The van der Waals surface area contributed by atoms with Crippen molar-refractivity contribution in [1.82, 2.24) is 9.55 Å². The zero-order chi connectivity index (χ0) is 15.9. The molecule has 0 bridgehead atoms. The Morgan fingerprint density at radius 1 is 1.57 bits per heavy atom. The molecule has 1 aromatic heterocycles. The number of ether oxygens (including phenoxy) is 1. The predicted octanol–water partition coefficient (Wildman–Crippen LogP) is -0.811. The van der Waals surface area contributed by atoms with E-state index in [9.17, 15) is 27.5 Å².